The lowest BCUT2D eigenvalue weighted by Gasteiger charge is -2.08. The molecule has 0 atom stereocenters. The van der Waals surface area contributed by atoms with E-state index in [1.807, 2.05) is 30.3 Å². The van der Waals surface area contributed by atoms with Gasteiger partial charge in [0, 0.05) is 5.56 Å². The number of hydrogen-bond donors (Lipinski definition) is 1. The van der Waals surface area contributed by atoms with Crippen molar-refractivity contribution < 1.29 is 4.74 Å². The number of methoxy groups -OCH3 is 1. The third kappa shape index (κ3) is 2.93. The standard InChI is InChI=1S/C19H18N2O/c1-14-7-10-16(11-8-14)21-20-13-18-17-6-4-3-5-15(17)9-12-19(18)22-2/h3-13,21H,1-2H3/b20-13+. The molecule has 22 heavy (non-hydrogen) atoms. The van der Waals surface area contributed by atoms with Crippen LogP contribution in [0.5, 0.6) is 5.75 Å². The third-order valence-corrected chi connectivity index (χ3v) is 3.59. The number of benzene rings is 3. The number of ether oxygens (including phenoxy) is 1. The molecule has 0 saturated heterocycles. The van der Waals surface area contributed by atoms with E-state index < -0.39 is 0 Å². The van der Waals surface area contributed by atoms with Gasteiger partial charge in [0.1, 0.15) is 5.75 Å². The van der Waals surface area contributed by atoms with E-state index in [9.17, 15) is 0 Å². The van der Waals surface area contributed by atoms with Crippen LogP contribution in [0.2, 0.25) is 0 Å². The number of anilines is 1. The van der Waals surface area contributed by atoms with Crippen molar-refractivity contribution in [3.05, 3.63) is 71.8 Å². The predicted molar refractivity (Wildman–Crippen MR) is 92.9 cm³/mol. The Labute approximate surface area is 130 Å². The van der Waals surface area contributed by atoms with Gasteiger partial charge in [0.05, 0.1) is 19.0 Å². The summed E-state index contributed by atoms with van der Waals surface area (Å²) in [5.41, 5.74) is 6.21. The normalized spacial score (nSPS) is 11.0. The van der Waals surface area contributed by atoms with E-state index in [1.54, 1.807) is 13.3 Å². The lowest BCUT2D eigenvalue weighted by atomic mass is 10.0. The maximum Gasteiger partial charge on any atom is 0.128 e. The highest BCUT2D eigenvalue weighted by Gasteiger charge is 2.05. The van der Waals surface area contributed by atoms with Crippen LogP contribution in [0, 0.1) is 6.92 Å². The Bertz CT molecular complexity index is 807. The maximum absolute atomic E-state index is 5.45. The number of aryl methyl sites for hydroxylation is 1. The predicted octanol–water partition coefficient (Wildman–Crippen LogP) is 4.60. The second-order valence-corrected chi connectivity index (χ2v) is 5.14. The fourth-order valence-electron chi connectivity index (χ4n) is 2.39. The minimum Gasteiger partial charge on any atom is -0.496 e. The van der Waals surface area contributed by atoms with E-state index in [0.29, 0.717) is 0 Å². The van der Waals surface area contributed by atoms with Gasteiger partial charge in [-0.15, -0.1) is 0 Å². The summed E-state index contributed by atoms with van der Waals surface area (Å²) in [6.07, 6.45) is 1.81. The highest BCUT2D eigenvalue weighted by molar-refractivity contribution is 6.02. The molecular formula is C19H18N2O. The van der Waals surface area contributed by atoms with E-state index in [0.717, 1.165) is 22.4 Å². The van der Waals surface area contributed by atoms with Crippen LogP contribution >= 0.6 is 0 Å². The summed E-state index contributed by atoms with van der Waals surface area (Å²) < 4.78 is 5.45. The first kappa shape index (κ1) is 14.1. The molecule has 0 spiro atoms. The second-order valence-electron chi connectivity index (χ2n) is 5.14. The number of hydrogen-bond acceptors (Lipinski definition) is 3. The molecule has 0 radical (unpaired) electrons. The van der Waals surface area contributed by atoms with Crippen molar-refractivity contribution in [2.24, 2.45) is 5.10 Å². The molecule has 3 aromatic rings. The molecule has 0 fully saturated rings. The molecule has 0 aromatic heterocycles. The lowest BCUT2D eigenvalue weighted by molar-refractivity contribution is 0.415. The van der Waals surface area contributed by atoms with Gasteiger partial charge in [-0.1, -0.05) is 48.0 Å². The van der Waals surface area contributed by atoms with Crippen molar-refractivity contribution in [2.75, 3.05) is 12.5 Å². The SMILES string of the molecule is COc1ccc2ccccc2c1/C=N/Nc1ccc(C)cc1. The largest absolute Gasteiger partial charge is 0.496 e. The molecule has 0 aliphatic carbocycles. The number of nitrogens with one attached hydrogen (secondary N) is 1. The maximum atomic E-state index is 5.45. The summed E-state index contributed by atoms with van der Waals surface area (Å²) in [6.45, 7) is 2.06. The average molecular weight is 290 g/mol. The molecule has 3 nitrogen and oxygen atoms in total. The van der Waals surface area contributed by atoms with Crippen molar-refractivity contribution >= 4 is 22.7 Å². The Morgan fingerprint density at radius 3 is 2.50 bits per heavy atom. The molecule has 0 heterocycles. The number of nitrogens with zero attached hydrogens (tertiary/aromatic N) is 1. The van der Waals surface area contributed by atoms with Crippen molar-refractivity contribution in [1.29, 1.82) is 0 Å². The Kier molecular flexibility index (Phi) is 4.05. The number of rotatable bonds is 4. The summed E-state index contributed by atoms with van der Waals surface area (Å²) in [7, 11) is 1.68. The van der Waals surface area contributed by atoms with Gasteiger partial charge in [0.2, 0.25) is 0 Å². The number of fused-ring (bicyclic) bond motifs is 1. The van der Waals surface area contributed by atoms with Gasteiger partial charge in [0.15, 0.2) is 0 Å². The van der Waals surface area contributed by atoms with Crippen LogP contribution < -0.4 is 10.2 Å². The van der Waals surface area contributed by atoms with Gasteiger partial charge in [-0.3, -0.25) is 5.43 Å². The topological polar surface area (TPSA) is 33.6 Å². The Hall–Kier alpha value is -2.81. The van der Waals surface area contributed by atoms with Gasteiger partial charge in [-0.05, 0) is 35.9 Å². The second kappa shape index (κ2) is 6.31. The molecule has 0 bridgehead atoms. The minimum absolute atomic E-state index is 0.813. The zero-order valence-corrected chi connectivity index (χ0v) is 12.7. The van der Waals surface area contributed by atoms with Crippen molar-refractivity contribution in [3.8, 4) is 5.75 Å². The lowest BCUT2D eigenvalue weighted by Crippen LogP contribution is -1.95. The molecule has 0 amide bonds. The van der Waals surface area contributed by atoms with Gasteiger partial charge in [0.25, 0.3) is 0 Å². The molecule has 3 rings (SSSR count). The van der Waals surface area contributed by atoms with E-state index in [4.69, 9.17) is 4.74 Å². The first-order valence-electron chi connectivity index (χ1n) is 7.19. The molecule has 0 aliphatic heterocycles. The van der Waals surface area contributed by atoms with Crippen LogP contribution in [0.4, 0.5) is 5.69 Å². The summed E-state index contributed by atoms with van der Waals surface area (Å²) >= 11 is 0. The zero-order chi connectivity index (χ0) is 15.4. The Balaban J connectivity index is 1.91. The molecule has 0 aliphatic rings. The summed E-state index contributed by atoms with van der Waals surface area (Å²) in [4.78, 5) is 0. The minimum atomic E-state index is 0.813. The Morgan fingerprint density at radius 2 is 1.73 bits per heavy atom. The van der Waals surface area contributed by atoms with Crippen molar-refractivity contribution in [3.63, 3.8) is 0 Å². The van der Waals surface area contributed by atoms with Crippen LogP contribution in [0.25, 0.3) is 10.8 Å². The molecule has 110 valence electrons. The molecule has 0 unspecified atom stereocenters. The first-order valence-corrected chi connectivity index (χ1v) is 7.19. The summed E-state index contributed by atoms with van der Waals surface area (Å²) in [5.74, 6) is 0.813. The first-order chi connectivity index (χ1) is 10.8. The van der Waals surface area contributed by atoms with Crippen LogP contribution in [-0.4, -0.2) is 13.3 Å². The van der Waals surface area contributed by atoms with E-state index in [2.05, 4.69) is 47.8 Å². The van der Waals surface area contributed by atoms with Gasteiger partial charge >= 0.3 is 0 Å². The fourth-order valence-corrected chi connectivity index (χ4v) is 2.39. The Morgan fingerprint density at radius 1 is 0.955 bits per heavy atom. The van der Waals surface area contributed by atoms with Gasteiger partial charge < -0.3 is 4.74 Å². The van der Waals surface area contributed by atoms with E-state index in [-0.39, 0.29) is 0 Å². The number of hydrazone groups is 1. The molecule has 0 saturated carbocycles. The molecule has 3 heteroatoms. The molecule has 3 aromatic carbocycles. The average Bonchev–Trinajstić information content (AvgIpc) is 2.56. The summed E-state index contributed by atoms with van der Waals surface area (Å²) in [6, 6.07) is 20.3. The van der Waals surface area contributed by atoms with Crippen LogP contribution in [0.1, 0.15) is 11.1 Å². The van der Waals surface area contributed by atoms with E-state index in [1.165, 1.54) is 10.9 Å². The molecule has 1 N–H and O–H groups in total. The monoisotopic (exact) mass is 290 g/mol. The van der Waals surface area contributed by atoms with Crippen LogP contribution in [-0.2, 0) is 0 Å². The summed E-state index contributed by atoms with van der Waals surface area (Å²) in [5, 5.41) is 6.63. The van der Waals surface area contributed by atoms with Gasteiger partial charge in [-0.25, -0.2) is 0 Å². The van der Waals surface area contributed by atoms with Crippen LogP contribution in [0.15, 0.2) is 65.8 Å². The molecular weight excluding hydrogens is 272 g/mol. The van der Waals surface area contributed by atoms with Crippen molar-refractivity contribution in [1.82, 2.24) is 0 Å². The zero-order valence-electron chi connectivity index (χ0n) is 12.7. The highest BCUT2D eigenvalue weighted by atomic mass is 16.5. The van der Waals surface area contributed by atoms with Crippen LogP contribution in [0.3, 0.4) is 0 Å². The quantitative estimate of drug-likeness (QED) is 0.562. The highest BCUT2D eigenvalue weighted by Crippen LogP contribution is 2.26. The fraction of sp³-hybridized carbons (Fsp3) is 0.105. The third-order valence-electron chi connectivity index (χ3n) is 3.59. The van der Waals surface area contributed by atoms with Crippen molar-refractivity contribution in [2.45, 2.75) is 6.92 Å². The smallest absolute Gasteiger partial charge is 0.128 e. The van der Waals surface area contributed by atoms with Gasteiger partial charge in [-0.2, -0.15) is 5.10 Å². The van der Waals surface area contributed by atoms with E-state index >= 15 is 0 Å².